The van der Waals surface area contributed by atoms with E-state index in [-0.39, 0.29) is 28.8 Å². The Balaban J connectivity index is 2.12. The molecule has 5 nitrogen and oxygen atoms in total. The third kappa shape index (κ3) is 4.22. The summed E-state index contributed by atoms with van der Waals surface area (Å²) < 4.78 is 42.7. The summed E-state index contributed by atoms with van der Waals surface area (Å²) in [4.78, 5) is 14.3. The van der Waals surface area contributed by atoms with E-state index in [1.165, 1.54) is 12.1 Å². The smallest absolute Gasteiger partial charge is 0.416 e. The minimum absolute atomic E-state index is 0.0343. The number of nitrogens with zero attached hydrogens (tertiary/aromatic N) is 2. The minimum atomic E-state index is -4.44. The lowest BCUT2D eigenvalue weighted by atomic mass is 10.1. The Hall–Kier alpha value is -2.03. The molecule has 0 saturated carbocycles. The van der Waals surface area contributed by atoms with Gasteiger partial charge in [0.2, 0.25) is 11.7 Å². The first-order valence-corrected chi connectivity index (χ1v) is 6.81. The SMILES string of the molecule is O=C(O)CSCc1nc(-c2cccc(C(F)(F)F)c2)no1. The standard InChI is InChI=1S/C12H9F3N2O3S/c13-12(14,15)8-3-1-2-7(4-8)11-16-9(20-17-11)5-21-6-10(18)19/h1-4H,5-6H2,(H,18,19). The monoisotopic (exact) mass is 318 g/mol. The number of thioether (sulfide) groups is 1. The molecule has 1 aromatic carbocycles. The molecule has 0 aliphatic carbocycles. The van der Waals surface area contributed by atoms with Crippen LogP contribution in [0.3, 0.4) is 0 Å². The fourth-order valence-corrected chi connectivity index (χ4v) is 2.06. The van der Waals surface area contributed by atoms with E-state index in [0.717, 1.165) is 23.9 Å². The first kappa shape index (κ1) is 15.4. The number of halogens is 3. The first-order valence-electron chi connectivity index (χ1n) is 5.66. The fourth-order valence-electron chi connectivity index (χ4n) is 1.49. The lowest BCUT2D eigenvalue weighted by Crippen LogP contribution is -2.04. The van der Waals surface area contributed by atoms with Crippen LogP contribution in [0.2, 0.25) is 0 Å². The molecule has 112 valence electrons. The number of rotatable bonds is 5. The van der Waals surface area contributed by atoms with Gasteiger partial charge in [-0.1, -0.05) is 17.3 Å². The van der Waals surface area contributed by atoms with Crippen molar-refractivity contribution in [3.05, 3.63) is 35.7 Å². The second-order valence-corrected chi connectivity index (χ2v) is 4.96. The molecule has 0 saturated heterocycles. The summed E-state index contributed by atoms with van der Waals surface area (Å²) in [5, 5.41) is 12.1. The number of alkyl halides is 3. The van der Waals surface area contributed by atoms with Gasteiger partial charge in [0.05, 0.1) is 17.1 Å². The Bertz CT molecular complexity index is 643. The van der Waals surface area contributed by atoms with Gasteiger partial charge in [-0.25, -0.2) is 0 Å². The number of aliphatic carboxylic acids is 1. The zero-order valence-corrected chi connectivity index (χ0v) is 11.2. The predicted octanol–water partition coefficient (Wildman–Crippen LogP) is 3.07. The van der Waals surface area contributed by atoms with Crippen LogP contribution >= 0.6 is 11.8 Å². The van der Waals surface area contributed by atoms with E-state index in [9.17, 15) is 18.0 Å². The van der Waals surface area contributed by atoms with Gasteiger partial charge in [-0.3, -0.25) is 4.79 Å². The number of benzene rings is 1. The summed E-state index contributed by atoms with van der Waals surface area (Å²) in [7, 11) is 0. The molecule has 1 N–H and O–H groups in total. The summed E-state index contributed by atoms with van der Waals surface area (Å²) in [6, 6.07) is 4.58. The molecular weight excluding hydrogens is 309 g/mol. The maximum Gasteiger partial charge on any atom is 0.416 e. The summed E-state index contributed by atoms with van der Waals surface area (Å²) in [6.07, 6.45) is -4.44. The van der Waals surface area contributed by atoms with Crippen LogP contribution in [0.1, 0.15) is 11.5 Å². The highest BCUT2D eigenvalue weighted by Crippen LogP contribution is 2.31. The van der Waals surface area contributed by atoms with Gasteiger partial charge in [-0.05, 0) is 12.1 Å². The molecule has 0 atom stereocenters. The summed E-state index contributed by atoms with van der Waals surface area (Å²) >= 11 is 1.05. The van der Waals surface area contributed by atoms with E-state index in [0.29, 0.717) is 0 Å². The Morgan fingerprint density at radius 2 is 2.14 bits per heavy atom. The molecule has 2 rings (SSSR count). The number of carboxylic acid groups (broad SMARTS) is 1. The van der Waals surface area contributed by atoms with E-state index in [4.69, 9.17) is 9.63 Å². The van der Waals surface area contributed by atoms with Crippen molar-refractivity contribution in [3.63, 3.8) is 0 Å². The van der Waals surface area contributed by atoms with Gasteiger partial charge in [-0.2, -0.15) is 18.2 Å². The predicted molar refractivity (Wildman–Crippen MR) is 68.5 cm³/mol. The van der Waals surface area contributed by atoms with Crippen LogP contribution in [0.25, 0.3) is 11.4 Å². The van der Waals surface area contributed by atoms with Gasteiger partial charge in [0.1, 0.15) is 0 Å². The molecule has 9 heteroatoms. The van der Waals surface area contributed by atoms with Gasteiger partial charge >= 0.3 is 12.1 Å². The lowest BCUT2D eigenvalue weighted by Gasteiger charge is -2.06. The van der Waals surface area contributed by atoms with Crippen molar-refractivity contribution in [1.29, 1.82) is 0 Å². The van der Waals surface area contributed by atoms with Crippen LogP contribution in [0.4, 0.5) is 13.2 Å². The molecule has 1 aromatic heterocycles. The summed E-state index contributed by atoms with van der Waals surface area (Å²) in [5.74, 6) is -0.724. The Morgan fingerprint density at radius 3 is 2.81 bits per heavy atom. The average Bonchev–Trinajstić information content (AvgIpc) is 2.86. The van der Waals surface area contributed by atoms with E-state index in [1.807, 2.05) is 0 Å². The molecule has 0 aliphatic heterocycles. The van der Waals surface area contributed by atoms with Crippen molar-refractivity contribution in [2.75, 3.05) is 5.75 Å². The van der Waals surface area contributed by atoms with E-state index in [1.54, 1.807) is 0 Å². The normalized spacial score (nSPS) is 11.6. The van der Waals surface area contributed by atoms with Crippen molar-refractivity contribution in [3.8, 4) is 11.4 Å². The maximum atomic E-state index is 12.6. The third-order valence-electron chi connectivity index (χ3n) is 2.37. The molecular formula is C12H9F3N2O3S. The average molecular weight is 318 g/mol. The van der Waals surface area contributed by atoms with E-state index in [2.05, 4.69) is 10.1 Å². The minimum Gasteiger partial charge on any atom is -0.481 e. The maximum absolute atomic E-state index is 12.6. The van der Waals surface area contributed by atoms with Crippen LogP contribution in [-0.2, 0) is 16.7 Å². The van der Waals surface area contributed by atoms with Crippen LogP contribution in [0, 0.1) is 0 Å². The first-order chi connectivity index (χ1) is 9.86. The van der Waals surface area contributed by atoms with Crippen molar-refractivity contribution in [1.82, 2.24) is 10.1 Å². The Morgan fingerprint density at radius 1 is 1.38 bits per heavy atom. The molecule has 0 aliphatic rings. The number of carbonyl (C=O) groups is 1. The fraction of sp³-hybridized carbons (Fsp3) is 0.250. The van der Waals surface area contributed by atoms with E-state index >= 15 is 0 Å². The van der Waals surface area contributed by atoms with Crippen molar-refractivity contribution < 1.29 is 27.6 Å². The van der Waals surface area contributed by atoms with Gasteiger partial charge < -0.3 is 9.63 Å². The zero-order valence-electron chi connectivity index (χ0n) is 10.4. The molecule has 0 unspecified atom stereocenters. The van der Waals surface area contributed by atoms with Crippen molar-refractivity contribution in [2.45, 2.75) is 11.9 Å². The molecule has 1 heterocycles. The molecule has 2 aromatic rings. The van der Waals surface area contributed by atoms with Gasteiger partial charge in [0.15, 0.2) is 0 Å². The Labute approximate surface area is 121 Å². The zero-order chi connectivity index (χ0) is 15.5. The van der Waals surface area contributed by atoms with Crippen LogP contribution in [-0.4, -0.2) is 27.0 Å². The van der Waals surface area contributed by atoms with Gasteiger partial charge in [0, 0.05) is 5.56 Å². The second-order valence-electron chi connectivity index (χ2n) is 3.98. The highest BCUT2D eigenvalue weighted by molar-refractivity contribution is 7.99. The number of hydrogen-bond donors (Lipinski definition) is 1. The third-order valence-corrected chi connectivity index (χ3v) is 3.27. The van der Waals surface area contributed by atoms with Crippen molar-refractivity contribution >= 4 is 17.7 Å². The van der Waals surface area contributed by atoms with Crippen molar-refractivity contribution in [2.24, 2.45) is 0 Å². The number of hydrogen-bond acceptors (Lipinski definition) is 5. The summed E-state index contributed by atoms with van der Waals surface area (Å²) in [6.45, 7) is 0. The van der Waals surface area contributed by atoms with Gasteiger partial charge in [-0.15, -0.1) is 11.8 Å². The number of carboxylic acids is 1. The van der Waals surface area contributed by atoms with E-state index < -0.39 is 17.7 Å². The second kappa shape index (κ2) is 6.17. The quantitative estimate of drug-likeness (QED) is 0.913. The van der Waals surface area contributed by atoms with Crippen LogP contribution in [0.5, 0.6) is 0 Å². The molecule has 0 bridgehead atoms. The molecule has 0 radical (unpaired) electrons. The largest absolute Gasteiger partial charge is 0.481 e. The highest BCUT2D eigenvalue weighted by Gasteiger charge is 2.30. The van der Waals surface area contributed by atoms with Crippen LogP contribution in [0.15, 0.2) is 28.8 Å². The summed E-state index contributed by atoms with van der Waals surface area (Å²) in [5.41, 5.74) is -0.616. The highest BCUT2D eigenvalue weighted by atomic mass is 32.2. The lowest BCUT2D eigenvalue weighted by molar-refractivity contribution is -0.137. The molecule has 0 fully saturated rings. The molecule has 0 amide bonds. The Kier molecular flexibility index (Phi) is 4.51. The topological polar surface area (TPSA) is 76.2 Å². The molecule has 21 heavy (non-hydrogen) atoms. The molecule has 0 spiro atoms. The van der Waals surface area contributed by atoms with Gasteiger partial charge in [0.25, 0.3) is 0 Å². The van der Waals surface area contributed by atoms with Crippen LogP contribution < -0.4 is 0 Å². The number of aromatic nitrogens is 2.